The van der Waals surface area contributed by atoms with Gasteiger partial charge in [-0.3, -0.25) is 9.79 Å². The van der Waals surface area contributed by atoms with Crippen LogP contribution in [0.25, 0.3) is 0 Å². The number of amides is 1. The van der Waals surface area contributed by atoms with E-state index in [2.05, 4.69) is 32.4 Å². The predicted octanol–water partition coefficient (Wildman–Crippen LogP) is 1.95. The minimum Gasteiger partial charge on any atom is -0.356 e. The molecule has 0 aromatic carbocycles. The number of nitrogens with zero attached hydrogens (tertiary/aromatic N) is 1. The molecule has 0 aliphatic carbocycles. The molecule has 0 radical (unpaired) electrons. The van der Waals surface area contributed by atoms with Crippen molar-refractivity contribution in [2.45, 2.75) is 26.3 Å². The zero-order valence-electron chi connectivity index (χ0n) is 11.9. The standard InChI is InChI=1S/C13H22N4OS.HI/c1-3-6-15-12(18)4-7-16-13(14-2)17-9-11-5-8-19-10-11;/h5,8,10H,3-4,6-7,9H2,1-2H3,(H,15,18)(H2,14,16,17);1H. The summed E-state index contributed by atoms with van der Waals surface area (Å²) in [5.74, 6) is 0.789. The van der Waals surface area contributed by atoms with Gasteiger partial charge in [0.1, 0.15) is 0 Å². The van der Waals surface area contributed by atoms with E-state index in [0.29, 0.717) is 13.0 Å². The molecule has 0 aliphatic heterocycles. The van der Waals surface area contributed by atoms with Crippen molar-refractivity contribution in [2.24, 2.45) is 4.99 Å². The fourth-order valence-electron chi connectivity index (χ4n) is 1.45. The molecule has 0 spiro atoms. The van der Waals surface area contributed by atoms with Crippen molar-refractivity contribution in [3.05, 3.63) is 22.4 Å². The smallest absolute Gasteiger partial charge is 0.221 e. The summed E-state index contributed by atoms with van der Waals surface area (Å²) in [5.41, 5.74) is 1.23. The zero-order chi connectivity index (χ0) is 13.9. The number of hydrogen-bond acceptors (Lipinski definition) is 3. The largest absolute Gasteiger partial charge is 0.356 e. The van der Waals surface area contributed by atoms with E-state index in [4.69, 9.17) is 0 Å². The molecule has 3 N–H and O–H groups in total. The van der Waals surface area contributed by atoms with E-state index in [0.717, 1.165) is 25.5 Å². The summed E-state index contributed by atoms with van der Waals surface area (Å²) >= 11 is 1.67. The first kappa shape index (κ1) is 19.2. The van der Waals surface area contributed by atoms with Crippen molar-refractivity contribution in [3.8, 4) is 0 Å². The maximum absolute atomic E-state index is 11.4. The molecule has 7 heteroatoms. The molecule has 1 aromatic heterocycles. The number of hydrogen-bond donors (Lipinski definition) is 3. The van der Waals surface area contributed by atoms with Gasteiger partial charge in [0, 0.05) is 33.1 Å². The first-order valence-corrected chi connectivity index (χ1v) is 7.42. The molecule has 114 valence electrons. The van der Waals surface area contributed by atoms with Gasteiger partial charge in [-0.1, -0.05) is 6.92 Å². The number of rotatable bonds is 7. The summed E-state index contributed by atoms with van der Waals surface area (Å²) in [6, 6.07) is 2.07. The van der Waals surface area contributed by atoms with E-state index in [1.165, 1.54) is 5.56 Å². The summed E-state index contributed by atoms with van der Waals surface area (Å²) in [6.45, 7) is 4.10. The topological polar surface area (TPSA) is 65.5 Å². The average molecular weight is 410 g/mol. The lowest BCUT2D eigenvalue weighted by atomic mass is 10.3. The van der Waals surface area contributed by atoms with Gasteiger partial charge in [-0.25, -0.2) is 0 Å². The van der Waals surface area contributed by atoms with E-state index in [-0.39, 0.29) is 29.9 Å². The first-order valence-electron chi connectivity index (χ1n) is 6.48. The van der Waals surface area contributed by atoms with Gasteiger partial charge in [0.2, 0.25) is 5.91 Å². The van der Waals surface area contributed by atoms with Crippen LogP contribution in [0.3, 0.4) is 0 Å². The van der Waals surface area contributed by atoms with Gasteiger partial charge in [0.25, 0.3) is 0 Å². The molecule has 0 unspecified atom stereocenters. The van der Waals surface area contributed by atoms with Gasteiger partial charge in [-0.05, 0) is 28.8 Å². The summed E-state index contributed by atoms with van der Waals surface area (Å²) in [4.78, 5) is 15.5. The molecule has 1 amide bonds. The zero-order valence-corrected chi connectivity index (χ0v) is 15.1. The van der Waals surface area contributed by atoms with Crippen LogP contribution < -0.4 is 16.0 Å². The van der Waals surface area contributed by atoms with Crippen LogP contribution in [0.15, 0.2) is 21.8 Å². The van der Waals surface area contributed by atoms with Gasteiger partial charge in [-0.15, -0.1) is 24.0 Å². The van der Waals surface area contributed by atoms with Crippen molar-refractivity contribution in [1.82, 2.24) is 16.0 Å². The molecule has 0 atom stereocenters. The third-order valence-corrected chi connectivity index (χ3v) is 3.21. The molecule has 1 aromatic rings. The summed E-state index contributed by atoms with van der Waals surface area (Å²) < 4.78 is 0. The van der Waals surface area contributed by atoms with Crippen molar-refractivity contribution in [3.63, 3.8) is 0 Å². The molecule has 5 nitrogen and oxygen atoms in total. The Hall–Kier alpha value is -0.830. The Balaban J connectivity index is 0.00000361. The van der Waals surface area contributed by atoms with Gasteiger partial charge < -0.3 is 16.0 Å². The SMILES string of the molecule is CCCNC(=O)CCNC(=NC)NCc1ccsc1.I. The van der Waals surface area contributed by atoms with Crippen molar-refractivity contribution in [1.29, 1.82) is 0 Å². The van der Waals surface area contributed by atoms with Gasteiger partial charge in [-0.2, -0.15) is 11.3 Å². The van der Waals surface area contributed by atoms with Crippen molar-refractivity contribution >= 4 is 47.2 Å². The van der Waals surface area contributed by atoms with Gasteiger partial charge in [0.15, 0.2) is 5.96 Å². The van der Waals surface area contributed by atoms with E-state index in [1.54, 1.807) is 18.4 Å². The lowest BCUT2D eigenvalue weighted by molar-refractivity contribution is -0.120. The van der Waals surface area contributed by atoms with Crippen LogP contribution >= 0.6 is 35.3 Å². The number of aliphatic imine (C=N–C) groups is 1. The quantitative estimate of drug-likeness (QED) is 0.366. The third-order valence-electron chi connectivity index (χ3n) is 2.48. The number of halogens is 1. The molecule has 0 saturated heterocycles. The van der Waals surface area contributed by atoms with E-state index in [9.17, 15) is 4.79 Å². The molecule has 1 rings (SSSR count). The lowest BCUT2D eigenvalue weighted by Crippen LogP contribution is -2.38. The van der Waals surface area contributed by atoms with Crippen LogP contribution in [0.4, 0.5) is 0 Å². The molecule has 1 heterocycles. The molecule has 0 aliphatic rings. The van der Waals surface area contributed by atoms with Crippen molar-refractivity contribution < 1.29 is 4.79 Å². The lowest BCUT2D eigenvalue weighted by Gasteiger charge is -2.11. The molecule has 20 heavy (non-hydrogen) atoms. The van der Waals surface area contributed by atoms with Gasteiger partial charge >= 0.3 is 0 Å². The van der Waals surface area contributed by atoms with Crippen LogP contribution in [0.2, 0.25) is 0 Å². The number of carbonyl (C=O) groups excluding carboxylic acids is 1. The highest BCUT2D eigenvalue weighted by molar-refractivity contribution is 14.0. The first-order chi connectivity index (χ1) is 9.26. The Morgan fingerprint density at radius 2 is 2.10 bits per heavy atom. The van der Waals surface area contributed by atoms with E-state index < -0.39 is 0 Å². The maximum Gasteiger partial charge on any atom is 0.221 e. The number of carbonyl (C=O) groups is 1. The van der Waals surface area contributed by atoms with E-state index >= 15 is 0 Å². The minimum absolute atomic E-state index is 0. The second kappa shape index (κ2) is 12.0. The number of guanidine groups is 1. The fraction of sp³-hybridized carbons (Fsp3) is 0.538. The Labute approximate surface area is 141 Å². The summed E-state index contributed by atoms with van der Waals surface area (Å²) in [7, 11) is 1.72. The Kier molecular flexibility index (Phi) is 11.5. The number of nitrogens with one attached hydrogen (secondary N) is 3. The highest BCUT2D eigenvalue weighted by Gasteiger charge is 2.02. The van der Waals surface area contributed by atoms with Crippen LogP contribution in [0.1, 0.15) is 25.3 Å². The predicted molar refractivity (Wildman–Crippen MR) is 95.9 cm³/mol. The molecule has 0 fully saturated rings. The van der Waals surface area contributed by atoms with Crippen LogP contribution in [0.5, 0.6) is 0 Å². The Bertz CT molecular complexity index is 395. The van der Waals surface area contributed by atoms with Crippen molar-refractivity contribution in [2.75, 3.05) is 20.1 Å². The Morgan fingerprint density at radius 3 is 2.70 bits per heavy atom. The second-order valence-corrected chi connectivity index (χ2v) is 4.86. The number of thiophene rings is 1. The monoisotopic (exact) mass is 410 g/mol. The highest BCUT2D eigenvalue weighted by Crippen LogP contribution is 2.04. The van der Waals surface area contributed by atoms with Crippen LogP contribution in [-0.2, 0) is 11.3 Å². The normalized spacial score (nSPS) is 10.6. The summed E-state index contributed by atoms with van der Waals surface area (Å²) in [6.07, 6.45) is 1.42. The van der Waals surface area contributed by atoms with Crippen LogP contribution in [-0.4, -0.2) is 32.0 Å². The minimum atomic E-state index is 0. The molecule has 0 saturated carbocycles. The molecular weight excluding hydrogens is 387 g/mol. The fourth-order valence-corrected chi connectivity index (χ4v) is 2.12. The highest BCUT2D eigenvalue weighted by atomic mass is 127. The van der Waals surface area contributed by atoms with Gasteiger partial charge in [0.05, 0.1) is 0 Å². The second-order valence-electron chi connectivity index (χ2n) is 4.08. The molecular formula is C13H23IN4OS. The Morgan fingerprint density at radius 1 is 1.30 bits per heavy atom. The maximum atomic E-state index is 11.4. The summed E-state index contributed by atoms with van der Waals surface area (Å²) in [5, 5.41) is 13.3. The van der Waals surface area contributed by atoms with E-state index in [1.807, 2.05) is 12.3 Å². The third kappa shape index (κ3) is 8.36. The average Bonchev–Trinajstić information content (AvgIpc) is 2.93. The van der Waals surface area contributed by atoms with Crippen LogP contribution in [0, 0.1) is 0 Å². The molecule has 0 bridgehead atoms.